The van der Waals surface area contributed by atoms with E-state index in [1.165, 1.54) is 19.8 Å². The van der Waals surface area contributed by atoms with E-state index >= 15 is 0 Å². The molecule has 3 saturated carbocycles. The maximum absolute atomic E-state index is 11.6. The van der Waals surface area contributed by atoms with Crippen molar-refractivity contribution in [3.8, 4) is 0 Å². The van der Waals surface area contributed by atoms with Crippen LogP contribution >= 0.6 is 0 Å². The lowest BCUT2D eigenvalue weighted by atomic mass is 9.45. The number of esters is 1. The highest BCUT2D eigenvalue weighted by Crippen LogP contribution is 2.66. The molecule has 1 N–H and O–H groups in total. The van der Waals surface area contributed by atoms with Crippen LogP contribution in [-0.4, -0.2) is 23.1 Å². The number of rotatable bonds is 2. The molecule has 0 saturated heterocycles. The van der Waals surface area contributed by atoms with E-state index in [0.717, 1.165) is 38.5 Å². The molecule has 0 aliphatic heterocycles. The third-order valence-electron chi connectivity index (χ3n) is 8.78. The highest BCUT2D eigenvalue weighted by molar-refractivity contribution is 5.86. The Balaban J connectivity index is 1.60. The van der Waals surface area contributed by atoms with Crippen molar-refractivity contribution in [3.63, 3.8) is 0 Å². The lowest BCUT2D eigenvalue weighted by molar-refractivity contribution is -0.160. The lowest BCUT2D eigenvalue weighted by Crippen LogP contribution is -2.53. The molecule has 3 fully saturated rings. The maximum Gasteiger partial charge on any atom is 0.331 e. The van der Waals surface area contributed by atoms with E-state index in [1.807, 2.05) is 6.08 Å². The molecule has 144 valence electrons. The first-order chi connectivity index (χ1) is 12.3. The summed E-state index contributed by atoms with van der Waals surface area (Å²) in [4.78, 5) is 23.1. The Morgan fingerprint density at radius 2 is 1.81 bits per heavy atom. The van der Waals surface area contributed by atoms with Gasteiger partial charge in [0.2, 0.25) is 0 Å². The third kappa shape index (κ3) is 2.55. The SMILES string of the molecule is CC(=O)O[C@H]1CC[C@H]2[C@@H]3CC[C@@H]4CC=C(C(=O)O)C[C@]4(C)[C@H]3CC[C@]12C. The first-order valence-electron chi connectivity index (χ1n) is 10.4. The Labute approximate surface area is 156 Å². The minimum absolute atomic E-state index is 0.0670. The molecule has 4 rings (SSSR count). The Kier molecular flexibility index (Phi) is 4.24. The van der Waals surface area contributed by atoms with Gasteiger partial charge >= 0.3 is 11.9 Å². The largest absolute Gasteiger partial charge is 0.478 e. The second-order valence-electron chi connectivity index (χ2n) is 9.82. The van der Waals surface area contributed by atoms with Crippen molar-refractivity contribution in [1.29, 1.82) is 0 Å². The van der Waals surface area contributed by atoms with Crippen LogP contribution in [0.4, 0.5) is 0 Å². The van der Waals surface area contributed by atoms with E-state index in [-0.39, 0.29) is 22.9 Å². The molecule has 0 bridgehead atoms. The number of carbonyl (C=O) groups is 2. The molecule has 4 aliphatic carbocycles. The molecule has 4 heteroatoms. The van der Waals surface area contributed by atoms with Crippen LogP contribution < -0.4 is 0 Å². The second kappa shape index (κ2) is 6.10. The van der Waals surface area contributed by atoms with Gasteiger partial charge in [0.1, 0.15) is 6.10 Å². The zero-order valence-electron chi connectivity index (χ0n) is 16.3. The fraction of sp³-hybridized carbons (Fsp3) is 0.818. The normalized spacial score (nSPS) is 47.2. The van der Waals surface area contributed by atoms with Crippen LogP contribution in [0.1, 0.15) is 72.1 Å². The van der Waals surface area contributed by atoms with Gasteiger partial charge in [-0.2, -0.15) is 0 Å². The summed E-state index contributed by atoms with van der Waals surface area (Å²) in [6, 6.07) is 0. The molecular weight excluding hydrogens is 328 g/mol. The summed E-state index contributed by atoms with van der Waals surface area (Å²) in [5.41, 5.74) is 0.851. The van der Waals surface area contributed by atoms with Crippen molar-refractivity contribution in [2.75, 3.05) is 0 Å². The summed E-state index contributed by atoms with van der Waals surface area (Å²) >= 11 is 0. The summed E-state index contributed by atoms with van der Waals surface area (Å²) in [5.74, 6) is 1.62. The number of carboxylic acids is 1. The molecule has 0 spiro atoms. The van der Waals surface area contributed by atoms with Gasteiger partial charge in [-0.25, -0.2) is 4.79 Å². The minimum atomic E-state index is -0.733. The number of hydrogen-bond donors (Lipinski definition) is 1. The molecule has 0 aromatic heterocycles. The van der Waals surface area contributed by atoms with Gasteiger partial charge in [-0.05, 0) is 80.5 Å². The van der Waals surface area contributed by atoms with Crippen molar-refractivity contribution >= 4 is 11.9 Å². The Bertz CT molecular complexity index is 653. The summed E-state index contributed by atoms with van der Waals surface area (Å²) in [5, 5.41) is 9.53. The molecule has 7 atom stereocenters. The predicted molar refractivity (Wildman–Crippen MR) is 98.4 cm³/mol. The second-order valence-corrected chi connectivity index (χ2v) is 9.82. The molecule has 0 amide bonds. The highest BCUT2D eigenvalue weighted by atomic mass is 16.5. The van der Waals surface area contributed by atoms with Gasteiger partial charge in [0, 0.05) is 17.9 Å². The first kappa shape index (κ1) is 18.1. The summed E-state index contributed by atoms with van der Waals surface area (Å²) in [7, 11) is 0. The number of fused-ring (bicyclic) bond motifs is 5. The average Bonchev–Trinajstić information content (AvgIpc) is 2.89. The van der Waals surface area contributed by atoms with Gasteiger partial charge in [0.15, 0.2) is 0 Å². The summed E-state index contributed by atoms with van der Waals surface area (Å²) in [6.45, 7) is 6.23. The lowest BCUT2D eigenvalue weighted by Gasteiger charge is -2.59. The molecule has 26 heavy (non-hydrogen) atoms. The number of carboxylic acid groups (broad SMARTS) is 1. The zero-order valence-corrected chi connectivity index (χ0v) is 16.3. The van der Waals surface area contributed by atoms with Gasteiger partial charge in [-0.15, -0.1) is 0 Å². The molecule has 4 aliphatic rings. The number of allylic oxidation sites excluding steroid dienone is 1. The van der Waals surface area contributed by atoms with Crippen LogP contribution in [0, 0.1) is 34.5 Å². The predicted octanol–water partition coefficient (Wildman–Crippen LogP) is 4.58. The van der Waals surface area contributed by atoms with E-state index in [2.05, 4.69) is 13.8 Å². The van der Waals surface area contributed by atoms with Crippen molar-refractivity contribution in [2.24, 2.45) is 34.5 Å². The van der Waals surface area contributed by atoms with E-state index < -0.39 is 5.97 Å². The average molecular weight is 360 g/mol. The van der Waals surface area contributed by atoms with E-state index in [1.54, 1.807) is 0 Å². The number of hydrogen-bond acceptors (Lipinski definition) is 3. The fourth-order valence-electron chi connectivity index (χ4n) is 7.47. The molecule has 0 heterocycles. The van der Waals surface area contributed by atoms with Gasteiger partial charge in [-0.1, -0.05) is 19.9 Å². The van der Waals surface area contributed by atoms with E-state index in [0.29, 0.717) is 29.2 Å². The maximum atomic E-state index is 11.6. The molecule has 4 nitrogen and oxygen atoms in total. The van der Waals surface area contributed by atoms with Crippen LogP contribution in [0.25, 0.3) is 0 Å². The van der Waals surface area contributed by atoms with Crippen LogP contribution in [0.3, 0.4) is 0 Å². The Morgan fingerprint density at radius 1 is 1.08 bits per heavy atom. The number of ether oxygens (including phenoxy) is 1. The van der Waals surface area contributed by atoms with Crippen LogP contribution in [0.15, 0.2) is 11.6 Å². The van der Waals surface area contributed by atoms with Crippen LogP contribution in [-0.2, 0) is 14.3 Å². The van der Waals surface area contributed by atoms with Crippen LogP contribution in [0.2, 0.25) is 0 Å². The van der Waals surface area contributed by atoms with Crippen LogP contribution in [0.5, 0.6) is 0 Å². The molecule has 0 aromatic carbocycles. The molecular formula is C22H32O4. The van der Waals surface area contributed by atoms with Crippen molar-refractivity contribution in [1.82, 2.24) is 0 Å². The van der Waals surface area contributed by atoms with Crippen molar-refractivity contribution in [3.05, 3.63) is 11.6 Å². The zero-order chi connectivity index (χ0) is 18.7. The highest BCUT2D eigenvalue weighted by Gasteiger charge is 2.60. The first-order valence-corrected chi connectivity index (χ1v) is 10.4. The molecule has 0 aromatic rings. The third-order valence-corrected chi connectivity index (χ3v) is 8.78. The molecule has 0 unspecified atom stereocenters. The van der Waals surface area contributed by atoms with Gasteiger partial charge in [-0.3, -0.25) is 4.79 Å². The smallest absolute Gasteiger partial charge is 0.331 e. The van der Waals surface area contributed by atoms with Crippen molar-refractivity contribution in [2.45, 2.75) is 78.2 Å². The minimum Gasteiger partial charge on any atom is -0.478 e. The number of carbonyl (C=O) groups excluding carboxylic acids is 1. The van der Waals surface area contributed by atoms with Gasteiger partial charge < -0.3 is 9.84 Å². The topological polar surface area (TPSA) is 63.6 Å². The quantitative estimate of drug-likeness (QED) is 0.732. The summed E-state index contributed by atoms with van der Waals surface area (Å²) in [6.07, 6.45) is 10.6. The summed E-state index contributed by atoms with van der Waals surface area (Å²) < 4.78 is 5.72. The van der Waals surface area contributed by atoms with Gasteiger partial charge in [0.25, 0.3) is 0 Å². The Morgan fingerprint density at radius 3 is 2.50 bits per heavy atom. The molecule has 0 radical (unpaired) electrons. The standard InChI is InChI=1S/C22H32O4/c1-13(23)26-19-9-8-17-16-7-6-15-5-4-14(20(24)25)12-22(15,3)18(16)10-11-21(17,19)2/h4,15-19H,5-12H2,1-3H3,(H,24,25)/t15-,16-,17-,18-,19-,21-,22-/m0/s1. The van der Waals surface area contributed by atoms with Gasteiger partial charge in [0.05, 0.1) is 0 Å². The Hall–Kier alpha value is -1.32. The van der Waals surface area contributed by atoms with E-state index in [9.17, 15) is 14.7 Å². The monoisotopic (exact) mass is 360 g/mol. The van der Waals surface area contributed by atoms with Crippen molar-refractivity contribution < 1.29 is 19.4 Å². The number of aliphatic carboxylic acids is 1. The fourth-order valence-corrected chi connectivity index (χ4v) is 7.47. The van der Waals surface area contributed by atoms with E-state index in [4.69, 9.17) is 4.74 Å².